The van der Waals surface area contributed by atoms with Crippen molar-refractivity contribution in [2.24, 2.45) is 5.92 Å². The molecule has 1 aromatic rings. The van der Waals surface area contributed by atoms with E-state index in [1.807, 2.05) is 13.0 Å². The third-order valence-electron chi connectivity index (χ3n) is 3.15. The van der Waals surface area contributed by atoms with Crippen LogP contribution in [0.5, 0.6) is 0 Å². The van der Waals surface area contributed by atoms with Gasteiger partial charge in [-0.05, 0) is 38.3 Å². The Balaban J connectivity index is 2.60. The second kappa shape index (κ2) is 6.85. The highest BCUT2D eigenvalue weighted by molar-refractivity contribution is 7.89. The van der Waals surface area contributed by atoms with Crippen LogP contribution in [0.1, 0.15) is 30.9 Å². The molecule has 0 saturated carbocycles. The minimum atomic E-state index is -3.52. The van der Waals surface area contributed by atoms with Gasteiger partial charge in [-0.15, -0.1) is 0 Å². The number of hydrogen-bond donors (Lipinski definition) is 2. The Labute approximate surface area is 120 Å². The smallest absolute Gasteiger partial charge is 0.306 e. The minimum Gasteiger partial charge on any atom is -0.481 e. The van der Waals surface area contributed by atoms with Gasteiger partial charge in [0.1, 0.15) is 0 Å². The van der Waals surface area contributed by atoms with E-state index in [0.29, 0.717) is 18.4 Å². The van der Waals surface area contributed by atoms with Gasteiger partial charge in [0.25, 0.3) is 0 Å². The number of aliphatic carboxylic acids is 1. The molecule has 0 amide bonds. The Kier molecular flexibility index (Phi) is 5.71. The first-order chi connectivity index (χ1) is 9.24. The number of rotatable bonds is 7. The van der Waals surface area contributed by atoms with E-state index < -0.39 is 21.9 Å². The molecule has 1 rings (SSSR count). The first kappa shape index (κ1) is 16.7. The molecule has 0 saturated heterocycles. The van der Waals surface area contributed by atoms with Gasteiger partial charge in [-0.1, -0.05) is 24.6 Å². The summed E-state index contributed by atoms with van der Waals surface area (Å²) < 4.78 is 26.7. The van der Waals surface area contributed by atoms with Gasteiger partial charge in [0.2, 0.25) is 10.0 Å². The second-order valence-electron chi connectivity index (χ2n) is 5.05. The lowest BCUT2D eigenvalue weighted by Gasteiger charge is -2.10. The van der Waals surface area contributed by atoms with Crippen LogP contribution < -0.4 is 4.72 Å². The molecule has 0 radical (unpaired) electrons. The molecule has 1 aromatic carbocycles. The monoisotopic (exact) mass is 299 g/mol. The topological polar surface area (TPSA) is 83.5 Å². The molecule has 0 heterocycles. The maximum Gasteiger partial charge on any atom is 0.306 e. The molecule has 0 aliphatic rings. The zero-order valence-electron chi connectivity index (χ0n) is 12.0. The maximum atomic E-state index is 12.1. The Hall–Kier alpha value is -1.40. The van der Waals surface area contributed by atoms with Crippen LogP contribution in [-0.4, -0.2) is 26.0 Å². The normalized spacial score (nSPS) is 13.2. The average Bonchev–Trinajstić information content (AvgIpc) is 2.33. The van der Waals surface area contributed by atoms with Crippen molar-refractivity contribution >= 4 is 16.0 Å². The molecule has 0 aliphatic carbocycles. The SMILES string of the molecule is Cc1ccc(S(=O)(=O)NCCCC(C)C(=O)O)c(C)c1. The van der Waals surface area contributed by atoms with Crippen molar-refractivity contribution < 1.29 is 18.3 Å². The van der Waals surface area contributed by atoms with E-state index in [1.54, 1.807) is 26.0 Å². The van der Waals surface area contributed by atoms with Crippen molar-refractivity contribution in [1.82, 2.24) is 4.72 Å². The zero-order valence-corrected chi connectivity index (χ0v) is 12.8. The van der Waals surface area contributed by atoms with Crippen molar-refractivity contribution in [3.63, 3.8) is 0 Å². The summed E-state index contributed by atoms with van der Waals surface area (Å²) in [6.07, 6.45) is 0.947. The van der Waals surface area contributed by atoms with E-state index in [9.17, 15) is 13.2 Å². The first-order valence-corrected chi connectivity index (χ1v) is 8.02. The molecule has 112 valence electrons. The molecule has 1 atom stereocenters. The molecule has 20 heavy (non-hydrogen) atoms. The van der Waals surface area contributed by atoms with Crippen molar-refractivity contribution in [1.29, 1.82) is 0 Å². The lowest BCUT2D eigenvalue weighted by molar-refractivity contribution is -0.141. The van der Waals surface area contributed by atoms with Gasteiger partial charge >= 0.3 is 5.97 Å². The van der Waals surface area contributed by atoms with Gasteiger partial charge in [0.05, 0.1) is 10.8 Å². The van der Waals surface area contributed by atoms with Crippen LogP contribution in [0.3, 0.4) is 0 Å². The summed E-state index contributed by atoms with van der Waals surface area (Å²) in [5.74, 6) is -1.32. The molecule has 1 unspecified atom stereocenters. The molecule has 0 aromatic heterocycles. The largest absolute Gasteiger partial charge is 0.481 e. The van der Waals surface area contributed by atoms with Crippen LogP contribution in [0.25, 0.3) is 0 Å². The van der Waals surface area contributed by atoms with Crippen LogP contribution in [0.4, 0.5) is 0 Å². The van der Waals surface area contributed by atoms with E-state index in [1.165, 1.54) is 0 Å². The quantitative estimate of drug-likeness (QED) is 0.755. The van der Waals surface area contributed by atoms with Crippen LogP contribution in [0, 0.1) is 19.8 Å². The fraction of sp³-hybridized carbons (Fsp3) is 0.500. The van der Waals surface area contributed by atoms with E-state index in [4.69, 9.17) is 5.11 Å². The molecule has 0 spiro atoms. The van der Waals surface area contributed by atoms with Crippen molar-refractivity contribution in [2.75, 3.05) is 6.54 Å². The van der Waals surface area contributed by atoms with Gasteiger partial charge in [-0.25, -0.2) is 13.1 Å². The summed E-state index contributed by atoms with van der Waals surface area (Å²) in [6.45, 7) is 5.52. The second-order valence-corrected chi connectivity index (χ2v) is 6.78. The number of carboxylic acids is 1. The number of sulfonamides is 1. The molecular formula is C14H21NO4S. The van der Waals surface area contributed by atoms with Crippen LogP contribution in [0.15, 0.2) is 23.1 Å². The zero-order chi connectivity index (χ0) is 15.3. The lowest BCUT2D eigenvalue weighted by Crippen LogP contribution is -2.26. The fourth-order valence-electron chi connectivity index (χ4n) is 1.92. The number of aryl methyl sites for hydroxylation is 2. The van der Waals surface area contributed by atoms with Crippen LogP contribution in [-0.2, 0) is 14.8 Å². The summed E-state index contributed by atoms with van der Waals surface area (Å²) in [7, 11) is -3.52. The van der Waals surface area contributed by atoms with Crippen molar-refractivity contribution in [3.8, 4) is 0 Å². The van der Waals surface area contributed by atoms with Gasteiger partial charge in [-0.2, -0.15) is 0 Å². The summed E-state index contributed by atoms with van der Waals surface area (Å²) >= 11 is 0. The molecule has 0 bridgehead atoms. The van der Waals surface area contributed by atoms with Gasteiger partial charge in [-0.3, -0.25) is 4.79 Å². The summed E-state index contributed by atoms with van der Waals surface area (Å²) in [4.78, 5) is 10.9. The number of carboxylic acid groups (broad SMARTS) is 1. The lowest BCUT2D eigenvalue weighted by atomic mass is 10.1. The van der Waals surface area contributed by atoms with E-state index in [2.05, 4.69) is 4.72 Å². The molecule has 0 aliphatic heterocycles. The molecule has 0 fully saturated rings. The molecule has 5 nitrogen and oxygen atoms in total. The standard InChI is InChI=1S/C14H21NO4S/c1-10-6-7-13(12(3)9-10)20(18,19)15-8-4-5-11(2)14(16)17/h6-7,9,11,15H,4-5,8H2,1-3H3,(H,16,17). The highest BCUT2D eigenvalue weighted by atomic mass is 32.2. The molecule has 2 N–H and O–H groups in total. The fourth-order valence-corrected chi connectivity index (χ4v) is 3.22. The predicted octanol–water partition coefficient (Wildman–Crippen LogP) is 2.08. The number of benzene rings is 1. The maximum absolute atomic E-state index is 12.1. The number of nitrogens with one attached hydrogen (secondary N) is 1. The van der Waals surface area contributed by atoms with Gasteiger partial charge in [0, 0.05) is 6.54 Å². The summed E-state index contributed by atoms with van der Waals surface area (Å²) in [5, 5.41) is 8.74. The predicted molar refractivity (Wildman–Crippen MR) is 77.1 cm³/mol. The van der Waals surface area contributed by atoms with Crippen molar-refractivity contribution in [2.45, 2.75) is 38.5 Å². The highest BCUT2D eigenvalue weighted by Crippen LogP contribution is 2.16. The van der Waals surface area contributed by atoms with Gasteiger partial charge in [0.15, 0.2) is 0 Å². The third-order valence-corrected chi connectivity index (χ3v) is 4.77. The van der Waals surface area contributed by atoms with Gasteiger partial charge < -0.3 is 5.11 Å². The van der Waals surface area contributed by atoms with Crippen LogP contribution >= 0.6 is 0 Å². The van der Waals surface area contributed by atoms with Crippen molar-refractivity contribution in [3.05, 3.63) is 29.3 Å². The van der Waals surface area contributed by atoms with Crippen LogP contribution in [0.2, 0.25) is 0 Å². The number of carbonyl (C=O) groups is 1. The molecule has 6 heteroatoms. The Morgan fingerprint density at radius 1 is 1.35 bits per heavy atom. The Bertz CT molecular complexity index is 581. The van der Waals surface area contributed by atoms with E-state index in [0.717, 1.165) is 5.56 Å². The minimum absolute atomic E-state index is 0.243. The highest BCUT2D eigenvalue weighted by Gasteiger charge is 2.16. The summed E-state index contributed by atoms with van der Waals surface area (Å²) in [5.41, 5.74) is 1.72. The molecular weight excluding hydrogens is 278 g/mol. The first-order valence-electron chi connectivity index (χ1n) is 6.54. The number of hydrogen-bond acceptors (Lipinski definition) is 3. The Morgan fingerprint density at radius 3 is 2.55 bits per heavy atom. The summed E-state index contributed by atoms with van der Waals surface area (Å²) in [6, 6.07) is 5.17. The van der Waals surface area contributed by atoms with E-state index >= 15 is 0 Å². The van der Waals surface area contributed by atoms with E-state index in [-0.39, 0.29) is 11.4 Å². The third kappa shape index (κ3) is 4.61. The average molecular weight is 299 g/mol. The Morgan fingerprint density at radius 2 is 2.00 bits per heavy atom.